The van der Waals surface area contributed by atoms with Gasteiger partial charge >= 0.3 is 0 Å². The molecule has 2 aromatic rings. The zero-order chi connectivity index (χ0) is 12.4. The number of carbonyl (C=O) groups excluding carboxylic acids is 1. The maximum Gasteiger partial charge on any atom is 0.269 e. The summed E-state index contributed by atoms with van der Waals surface area (Å²) in [6.07, 6.45) is 1.17. The van der Waals surface area contributed by atoms with Crippen LogP contribution in [0.15, 0.2) is 36.5 Å². The molecular formula is C12H13N3O2. The molecule has 0 spiro atoms. The van der Waals surface area contributed by atoms with E-state index in [1.54, 1.807) is 23.9 Å². The first-order valence-electron chi connectivity index (χ1n) is 5.22. The molecule has 3 N–H and O–H groups in total. The van der Waals surface area contributed by atoms with Gasteiger partial charge in [-0.25, -0.2) is 4.68 Å². The first kappa shape index (κ1) is 11.3. The van der Waals surface area contributed by atoms with Crippen LogP contribution in [-0.2, 0) is 0 Å². The second-order valence-corrected chi connectivity index (χ2v) is 3.78. The topological polar surface area (TPSA) is 81.1 Å². The molecule has 0 radical (unpaired) electrons. The molecule has 2 rings (SSSR count). The van der Waals surface area contributed by atoms with Gasteiger partial charge in [-0.3, -0.25) is 4.79 Å². The number of aliphatic hydroxyl groups excluding tert-OH is 1. The SMILES string of the molecule is C[C@@H](O)c1ccc(-n2ccc(C(N)=O)n2)cc1. The number of aromatic nitrogens is 2. The molecule has 1 heterocycles. The van der Waals surface area contributed by atoms with E-state index in [2.05, 4.69) is 5.10 Å². The Morgan fingerprint density at radius 3 is 2.47 bits per heavy atom. The zero-order valence-corrected chi connectivity index (χ0v) is 9.37. The Hall–Kier alpha value is -2.14. The van der Waals surface area contributed by atoms with Crippen molar-refractivity contribution >= 4 is 5.91 Å². The van der Waals surface area contributed by atoms with Crippen molar-refractivity contribution in [3.63, 3.8) is 0 Å². The molecule has 88 valence electrons. The number of primary amides is 1. The summed E-state index contributed by atoms with van der Waals surface area (Å²) in [4.78, 5) is 10.9. The van der Waals surface area contributed by atoms with Crippen LogP contribution in [0.3, 0.4) is 0 Å². The van der Waals surface area contributed by atoms with E-state index < -0.39 is 12.0 Å². The fraction of sp³-hybridized carbons (Fsp3) is 0.167. The summed E-state index contributed by atoms with van der Waals surface area (Å²) in [5, 5.41) is 13.4. The fourth-order valence-corrected chi connectivity index (χ4v) is 1.50. The number of aliphatic hydroxyl groups is 1. The van der Waals surface area contributed by atoms with Crippen molar-refractivity contribution in [2.45, 2.75) is 13.0 Å². The van der Waals surface area contributed by atoms with Crippen LogP contribution in [0.2, 0.25) is 0 Å². The van der Waals surface area contributed by atoms with Gasteiger partial charge in [0.1, 0.15) is 5.69 Å². The number of carbonyl (C=O) groups is 1. The van der Waals surface area contributed by atoms with Gasteiger partial charge in [0.05, 0.1) is 11.8 Å². The Kier molecular flexibility index (Phi) is 2.93. The highest BCUT2D eigenvalue weighted by molar-refractivity contribution is 5.90. The molecule has 1 atom stereocenters. The fourth-order valence-electron chi connectivity index (χ4n) is 1.50. The molecular weight excluding hydrogens is 218 g/mol. The monoisotopic (exact) mass is 231 g/mol. The van der Waals surface area contributed by atoms with Gasteiger partial charge in [0.15, 0.2) is 0 Å². The summed E-state index contributed by atoms with van der Waals surface area (Å²) in [5.41, 5.74) is 6.98. The van der Waals surface area contributed by atoms with E-state index in [0.29, 0.717) is 0 Å². The molecule has 1 aromatic heterocycles. The lowest BCUT2D eigenvalue weighted by Gasteiger charge is -2.06. The minimum Gasteiger partial charge on any atom is -0.389 e. The lowest BCUT2D eigenvalue weighted by atomic mass is 10.1. The van der Waals surface area contributed by atoms with Crippen molar-refractivity contribution in [2.24, 2.45) is 5.73 Å². The third-order valence-electron chi connectivity index (χ3n) is 2.48. The van der Waals surface area contributed by atoms with Crippen LogP contribution in [0.25, 0.3) is 5.69 Å². The molecule has 5 nitrogen and oxygen atoms in total. The quantitative estimate of drug-likeness (QED) is 0.827. The first-order chi connectivity index (χ1) is 8.08. The van der Waals surface area contributed by atoms with E-state index in [1.807, 2.05) is 24.3 Å². The predicted octanol–water partition coefficient (Wildman–Crippen LogP) is 1.02. The number of benzene rings is 1. The molecule has 0 fully saturated rings. The zero-order valence-electron chi connectivity index (χ0n) is 9.37. The molecule has 1 aromatic carbocycles. The van der Waals surface area contributed by atoms with E-state index in [-0.39, 0.29) is 5.69 Å². The van der Waals surface area contributed by atoms with Gasteiger partial charge in [-0.2, -0.15) is 5.10 Å². The van der Waals surface area contributed by atoms with E-state index >= 15 is 0 Å². The number of rotatable bonds is 3. The number of nitrogens with zero attached hydrogens (tertiary/aromatic N) is 2. The van der Waals surface area contributed by atoms with Gasteiger partial charge in [0, 0.05) is 6.20 Å². The van der Waals surface area contributed by atoms with Crippen molar-refractivity contribution in [3.05, 3.63) is 47.8 Å². The summed E-state index contributed by atoms with van der Waals surface area (Å²) < 4.78 is 1.56. The Labute approximate surface area is 98.5 Å². The number of nitrogens with two attached hydrogens (primary N) is 1. The van der Waals surface area contributed by atoms with Gasteiger partial charge in [0.25, 0.3) is 5.91 Å². The maximum atomic E-state index is 10.9. The highest BCUT2D eigenvalue weighted by Gasteiger charge is 2.06. The summed E-state index contributed by atoms with van der Waals surface area (Å²) in [7, 11) is 0. The van der Waals surface area contributed by atoms with Crippen LogP contribution in [0.4, 0.5) is 0 Å². The largest absolute Gasteiger partial charge is 0.389 e. The van der Waals surface area contributed by atoms with Crippen molar-refractivity contribution < 1.29 is 9.90 Å². The van der Waals surface area contributed by atoms with Crippen LogP contribution >= 0.6 is 0 Å². The van der Waals surface area contributed by atoms with Gasteiger partial charge in [-0.1, -0.05) is 12.1 Å². The minimum absolute atomic E-state index is 0.226. The van der Waals surface area contributed by atoms with E-state index in [0.717, 1.165) is 11.3 Å². The van der Waals surface area contributed by atoms with Crippen LogP contribution in [-0.4, -0.2) is 20.8 Å². The smallest absolute Gasteiger partial charge is 0.269 e. The molecule has 5 heteroatoms. The van der Waals surface area contributed by atoms with Gasteiger partial charge in [0.2, 0.25) is 0 Å². The Morgan fingerprint density at radius 1 is 1.35 bits per heavy atom. The average molecular weight is 231 g/mol. The lowest BCUT2D eigenvalue weighted by Crippen LogP contribution is -2.12. The van der Waals surface area contributed by atoms with E-state index in [1.165, 1.54) is 0 Å². The van der Waals surface area contributed by atoms with E-state index in [4.69, 9.17) is 5.73 Å². The molecule has 17 heavy (non-hydrogen) atoms. The van der Waals surface area contributed by atoms with E-state index in [9.17, 15) is 9.90 Å². The standard InChI is InChI=1S/C12H13N3O2/c1-8(16)9-2-4-10(5-3-9)15-7-6-11(14-15)12(13)17/h2-8,16H,1H3,(H2,13,17)/t8-/m1/s1. The van der Waals surface area contributed by atoms with Crippen LogP contribution in [0.1, 0.15) is 29.1 Å². The van der Waals surface area contributed by atoms with Gasteiger partial charge in [-0.05, 0) is 30.7 Å². The number of hydrogen-bond donors (Lipinski definition) is 2. The van der Waals surface area contributed by atoms with Crippen LogP contribution < -0.4 is 5.73 Å². The van der Waals surface area contributed by atoms with Gasteiger partial charge in [-0.15, -0.1) is 0 Å². The summed E-state index contributed by atoms with van der Waals surface area (Å²) >= 11 is 0. The predicted molar refractivity (Wildman–Crippen MR) is 62.7 cm³/mol. The van der Waals surface area contributed by atoms with Gasteiger partial charge < -0.3 is 10.8 Å². The molecule has 0 bridgehead atoms. The Bertz CT molecular complexity index is 529. The highest BCUT2D eigenvalue weighted by atomic mass is 16.3. The second-order valence-electron chi connectivity index (χ2n) is 3.78. The average Bonchev–Trinajstić information content (AvgIpc) is 2.78. The Morgan fingerprint density at radius 2 is 2.00 bits per heavy atom. The molecule has 0 aliphatic carbocycles. The third kappa shape index (κ3) is 2.34. The molecule has 0 aliphatic heterocycles. The maximum absolute atomic E-state index is 10.9. The number of amides is 1. The second kappa shape index (κ2) is 4.39. The molecule has 0 saturated carbocycles. The molecule has 0 unspecified atom stereocenters. The molecule has 1 amide bonds. The Balaban J connectivity index is 2.30. The third-order valence-corrected chi connectivity index (χ3v) is 2.48. The molecule has 0 saturated heterocycles. The summed E-state index contributed by atoms with van der Waals surface area (Å²) in [5.74, 6) is -0.552. The summed E-state index contributed by atoms with van der Waals surface area (Å²) in [6, 6.07) is 8.82. The molecule has 0 aliphatic rings. The minimum atomic E-state index is -0.552. The van der Waals surface area contributed by atoms with Crippen molar-refractivity contribution in [2.75, 3.05) is 0 Å². The number of hydrogen-bond acceptors (Lipinski definition) is 3. The summed E-state index contributed by atoms with van der Waals surface area (Å²) in [6.45, 7) is 1.70. The van der Waals surface area contributed by atoms with Crippen molar-refractivity contribution in [1.29, 1.82) is 0 Å². The highest BCUT2D eigenvalue weighted by Crippen LogP contribution is 2.15. The first-order valence-corrected chi connectivity index (χ1v) is 5.22. The lowest BCUT2D eigenvalue weighted by molar-refractivity contribution is 0.0995. The van der Waals surface area contributed by atoms with Crippen molar-refractivity contribution in [1.82, 2.24) is 9.78 Å². The van der Waals surface area contributed by atoms with Crippen molar-refractivity contribution in [3.8, 4) is 5.69 Å². The van der Waals surface area contributed by atoms with Crippen LogP contribution in [0.5, 0.6) is 0 Å². The van der Waals surface area contributed by atoms with Crippen LogP contribution in [0, 0.1) is 0 Å². The normalized spacial score (nSPS) is 12.4.